The summed E-state index contributed by atoms with van der Waals surface area (Å²) < 4.78 is 17.4. The highest BCUT2D eigenvalue weighted by Gasteiger charge is 2.34. The number of hydrogen-bond donors (Lipinski definition) is 3. The molecule has 2 aromatic rings. The lowest BCUT2D eigenvalue weighted by atomic mass is 9.97. The van der Waals surface area contributed by atoms with Crippen LogP contribution in [0.3, 0.4) is 0 Å². The third kappa shape index (κ3) is 4.73. The van der Waals surface area contributed by atoms with Crippen LogP contribution in [0.2, 0.25) is 5.02 Å². The number of nitrogen functional groups attached to an aromatic ring is 1. The maximum Gasteiger partial charge on any atom is 0.414 e. The monoisotopic (exact) mass is 466 g/mol. The van der Waals surface area contributed by atoms with Crippen molar-refractivity contribution in [1.82, 2.24) is 15.1 Å². The molecule has 0 bridgehead atoms. The zero-order valence-electron chi connectivity index (χ0n) is 17.1. The molecular weight excluding hydrogens is 444 g/mol. The van der Waals surface area contributed by atoms with Crippen molar-refractivity contribution in [3.8, 4) is 23.0 Å². The Kier molecular flexibility index (Phi) is 6.38. The van der Waals surface area contributed by atoms with Crippen LogP contribution in [-0.4, -0.2) is 69.6 Å². The molecule has 1 aromatic carbocycles. The molecule has 3 aliphatic rings. The Morgan fingerprint density at radius 1 is 1.03 bits per heavy atom. The van der Waals surface area contributed by atoms with Crippen LogP contribution in [0.4, 0.5) is 5.69 Å². The summed E-state index contributed by atoms with van der Waals surface area (Å²) in [4.78, 5) is 20.8. The first-order valence-electron chi connectivity index (χ1n) is 10.3. The van der Waals surface area contributed by atoms with E-state index in [-0.39, 0.29) is 0 Å². The molecule has 3 heterocycles. The molecule has 0 amide bonds. The number of aliphatic carboxylic acids is 2. The zero-order chi connectivity index (χ0) is 22.8. The van der Waals surface area contributed by atoms with Gasteiger partial charge in [0.05, 0.1) is 16.3 Å². The molecule has 0 unspecified atom stereocenters. The second kappa shape index (κ2) is 9.21. The van der Waals surface area contributed by atoms with Crippen molar-refractivity contribution in [2.75, 3.05) is 32.0 Å². The second-order valence-electron chi connectivity index (χ2n) is 7.77. The molecule has 1 saturated heterocycles. The van der Waals surface area contributed by atoms with Crippen molar-refractivity contribution in [2.45, 2.75) is 37.6 Å². The van der Waals surface area contributed by atoms with E-state index in [9.17, 15) is 0 Å². The largest absolute Gasteiger partial charge is 0.485 e. The molecule has 4 N–H and O–H groups in total. The van der Waals surface area contributed by atoms with Gasteiger partial charge in [-0.1, -0.05) is 11.6 Å². The predicted molar refractivity (Wildman–Crippen MR) is 112 cm³/mol. The first kappa shape index (κ1) is 22.2. The summed E-state index contributed by atoms with van der Waals surface area (Å²) >= 11 is 6.25. The van der Waals surface area contributed by atoms with Gasteiger partial charge in [-0.2, -0.15) is 0 Å². The fraction of sp³-hybridized carbons (Fsp3) is 0.500. The summed E-state index contributed by atoms with van der Waals surface area (Å²) in [6.45, 7) is 3.09. The van der Waals surface area contributed by atoms with Crippen molar-refractivity contribution in [1.29, 1.82) is 0 Å². The number of nitrogens with zero attached hydrogens (tertiary/aromatic N) is 3. The van der Waals surface area contributed by atoms with E-state index in [0.717, 1.165) is 32.0 Å². The van der Waals surface area contributed by atoms with Gasteiger partial charge in [0.25, 0.3) is 5.89 Å². The third-order valence-corrected chi connectivity index (χ3v) is 5.91. The van der Waals surface area contributed by atoms with Crippen LogP contribution in [0.1, 0.15) is 37.5 Å². The number of fused-ring (bicyclic) bond motifs is 1. The Morgan fingerprint density at radius 3 is 2.25 bits per heavy atom. The van der Waals surface area contributed by atoms with E-state index < -0.39 is 11.9 Å². The summed E-state index contributed by atoms with van der Waals surface area (Å²) in [5, 5.41) is 23.7. The lowest BCUT2D eigenvalue weighted by Crippen LogP contribution is -2.34. The van der Waals surface area contributed by atoms with E-state index in [1.807, 2.05) is 0 Å². The molecule has 0 spiro atoms. The number of carboxylic acids is 2. The molecule has 5 rings (SSSR count). The number of likely N-dealkylation sites (tertiary alicyclic amines) is 1. The maximum absolute atomic E-state index is 9.10. The van der Waals surface area contributed by atoms with Crippen molar-refractivity contribution in [2.24, 2.45) is 0 Å². The van der Waals surface area contributed by atoms with Crippen molar-refractivity contribution in [3.05, 3.63) is 17.0 Å². The van der Waals surface area contributed by atoms with Crippen LogP contribution < -0.4 is 15.2 Å². The topological polar surface area (TPSA) is 161 Å². The highest BCUT2D eigenvalue weighted by Crippen LogP contribution is 2.47. The zero-order valence-corrected chi connectivity index (χ0v) is 17.9. The smallest absolute Gasteiger partial charge is 0.414 e. The number of benzene rings is 1. The van der Waals surface area contributed by atoms with Gasteiger partial charge in [0.15, 0.2) is 11.5 Å². The number of hydrogen-bond acceptors (Lipinski definition) is 9. The average molecular weight is 467 g/mol. The molecule has 1 aromatic heterocycles. The highest BCUT2D eigenvalue weighted by atomic mass is 35.5. The van der Waals surface area contributed by atoms with E-state index in [0.29, 0.717) is 58.7 Å². The molecule has 12 heteroatoms. The first-order chi connectivity index (χ1) is 15.3. The molecule has 0 radical (unpaired) electrons. The molecule has 2 fully saturated rings. The number of ether oxygens (including phenoxy) is 2. The Balaban J connectivity index is 0.000000363. The fourth-order valence-corrected chi connectivity index (χ4v) is 4.01. The van der Waals surface area contributed by atoms with Crippen molar-refractivity contribution >= 4 is 29.2 Å². The molecule has 2 aliphatic heterocycles. The number of halogens is 1. The van der Waals surface area contributed by atoms with Crippen LogP contribution in [0.25, 0.3) is 11.5 Å². The molecule has 0 atom stereocenters. The standard InChI is InChI=1S/C18H21ClN4O3.C2H2O4/c19-13-9-12(15-16(14(13)20)25-8-7-24-15)18-22-21-17(26-18)10-3-5-23(6-4-10)11-1-2-11;3-1(4)2(5)6/h9-11H,1-8,20H2;(H,3,4)(H,5,6). The van der Waals surface area contributed by atoms with Crippen molar-refractivity contribution in [3.63, 3.8) is 0 Å². The lowest BCUT2D eigenvalue weighted by Gasteiger charge is -2.30. The summed E-state index contributed by atoms with van der Waals surface area (Å²) in [5.41, 5.74) is 7.01. The first-order valence-corrected chi connectivity index (χ1v) is 10.6. The summed E-state index contributed by atoms with van der Waals surface area (Å²) in [6.07, 6.45) is 4.80. The minimum atomic E-state index is -1.82. The Morgan fingerprint density at radius 2 is 1.66 bits per heavy atom. The molecule has 11 nitrogen and oxygen atoms in total. The van der Waals surface area contributed by atoms with Crippen LogP contribution in [0, 0.1) is 0 Å². The number of carboxylic acid groups (broad SMARTS) is 2. The number of carbonyl (C=O) groups is 2. The minimum absolute atomic E-state index is 0.309. The summed E-state index contributed by atoms with van der Waals surface area (Å²) in [6, 6.07) is 2.52. The van der Waals surface area contributed by atoms with Gasteiger partial charge >= 0.3 is 11.9 Å². The SMILES string of the molecule is Nc1c(Cl)cc(-c2nnc(C3CCN(C4CC4)CC3)o2)c2c1OCCO2.O=C(O)C(=O)O. The van der Waals surface area contributed by atoms with Gasteiger partial charge in [-0.05, 0) is 44.8 Å². The van der Waals surface area contributed by atoms with Gasteiger partial charge in [-0.15, -0.1) is 10.2 Å². The summed E-state index contributed by atoms with van der Waals surface area (Å²) in [5.74, 6) is -1.27. The van der Waals surface area contributed by atoms with Crippen LogP contribution in [0.5, 0.6) is 11.5 Å². The molecule has 32 heavy (non-hydrogen) atoms. The van der Waals surface area contributed by atoms with E-state index in [1.165, 1.54) is 12.8 Å². The number of anilines is 1. The van der Waals surface area contributed by atoms with Gasteiger partial charge in [-0.3, -0.25) is 0 Å². The Bertz CT molecular complexity index is 1000. The number of aromatic nitrogens is 2. The van der Waals surface area contributed by atoms with Gasteiger partial charge in [-0.25, -0.2) is 9.59 Å². The number of rotatable bonds is 3. The van der Waals surface area contributed by atoms with Crippen LogP contribution in [-0.2, 0) is 9.59 Å². The van der Waals surface area contributed by atoms with E-state index in [2.05, 4.69) is 15.1 Å². The average Bonchev–Trinajstić information content (AvgIpc) is 3.53. The molecule has 172 valence electrons. The van der Waals surface area contributed by atoms with E-state index in [1.54, 1.807) is 6.07 Å². The Hall–Kier alpha value is -3.05. The lowest BCUT2D eigenvalue weighted by molar-refractivity contribution is -0.159. The molecule has 1 aliphatic carbocycles. The Labute approximate surface area is 188 Å². The van der Waals surface area contributed by atoms with Crippen LogP contribution >= 0.6 is 11.6 Å². The van der Waals surface area contributed by atoms with Crippen molar-refractivity contribution < 1.29 is 33.7 Å². The normalized spacial score (nSPS) is 18.5. The number of nitrogens with two attached hydrogens (primary N) is 1. The summed E-state index contributed by atoms with van der Waals surface area (Å²) in [7, 11) is 0. The predicted octanol–water partition coefficient (Wildman–Crippen LogP) is 2.24. The highest BCUT2D eigenvalue weighted by molar-refractivity contribution is 6.34. The minimum Gasteiger partial charge on any atom is -0.485 e. The van der Waals surface area contributed by atoms with Crippen LogP contribution in [0.15, 0.2) is 10.5 Å². The third-order valence-electron chi connectivity index (χ3n) is 5.60. The fourth-order valence-electron chi connectivity index (χ4n) is 3.82. The second-order valence-corrected chi connectivity index (χ2v) is 8.18. The van der Waals surface area contributed by atoms with Gasteiger partial charge in [0, 0.05) is 12.0 Å². The van der Waals surface area contributed by atoms with Gasteiger partial charge in [0.2, 0.25) is 5.89 Å². The quantitative estimate of drug-likeness (QED) is 0.449. The van der Waals surface area contributed by atoms with E-state index >= 15 is 0 Å². The number of piperidine rings is 1. The van der Waals surface area contributed by atoms with E-state index in [4.69, 9.17) is 51.0 Å². The molecular formula is C20H23ClN4O7. The maximum atomic E-state index is 9.10. The molecule has 1 saturated carbocycles. The van der Waals surface area contributed by atoms with Gasteiger partial charge in [0.1, 0.15) is 13.2 Å². The van der Waals surface area contributed by atoms with Gasteiger partial charge < -0.3 is 34.7 Å².